The summed E-state index contributed by atoms with van der Waals surface area (Å²) in [5, 5.41) is 4.43. The normalized spacial score (nSPS) is 17.6. The Balaban J connectivity index is 1.81. The minimum atomic E-state index is -0.00671. The number of hydrogen-bond donors (Lipinski definition) is 1. The molecule has 0 bridgehead atoms. The summed E-state index contributed by atoms with van der Waals surface area (Å²) in [6.07, 6.45) is 2.11. The Morgan fingerprint density at radius 2 is 2.14 bits per heavy atom. The summed E-state index contributed by atoms with van der Waals surface area (Å²) in [6.45, 7) is 6.40. The van der Waals surface area contributed by atoms with E-state index in [2.05, 4.69) is 47.6 Å². The van der Waals surface area contributed by atoms with E-state index in [1.807, 2.05) is 6.07 Å². The van der Waals surface area contributed by atoms with Gasteiger partial charge >= 0.3 is 0 Å². The summed E-state index contributed by atoms with van der Waals surface area (Å²) in [5.41, 5.74) is 2.63. The monoisotopic (exact) mass is 303 g/mol. The molecule has 1 N–H and O–H groups in total. The van der Waals surface area contributed by atoms with Gasteiger partial charge in [-0.25, -0.2) is 4.98 Å². The Hall–Kier alpha value is -1.62. The highest BCUT2D eigenvalue weighted by molar-refractivity contribution is 7.09. The number of ether oxygens (including phenoxy) is 1. The molecule has 0 saturated heterocycles. The Labute approximate surface area is 129 Å². The maximum Gasteiger partial charge on any atom is 0.203 e. The summed E-state index contributed by atoms with van der Waals surface area (Å²) in [5.74, 6) is 1.89. The van der Waals surface area contributed by atoms with Crippen LogP contribution in [0.3, 0.4) is 0 Å². The van der Waals surface area contributed by atoms with Gasteiger partial charge in [0.2, 0.25) is 5.13 Å². The van der Waals surface area contributed by atoms with Crippen LogP contribution < -0.4 is 10.1 Å². The molecule has 0 radical (unpaired) electrons. The van der Waals surface area contributed by atoms with E-state index >= 15 is 0 Å². The van der Waals surface area contributed by atoms with Crippen LogP contribution >= 0.6 is 11.5 Å². The smallest absolute Gasteiger partial charge is 0.203 e. The number of fused-ring (bicyclic) bond motifs is 1. The van der Waals surface area contributed by atoms with Crippen LogP contribution in [-0.2, 0) is 11.8 Å². The van der Waals surface area contributed by atoms with Crippen LogP contribution in [0.15, 0.2) is 18.2 Å². The van der Waals surface area contributed by atoms with Gasteiger partial charge in [0.05, 0.1) is 13.2 Å². The highest BCUT2D eigenvalue weighted by Gasteiger charge is 2.26. The Bertz CT molecular complexity index is 645. The quantitative estimate of drug-likeness (QED) is 0.933. The van der Waals surface area contributed by atoms with Crippen molar-refractivity contribution in [3.63, 3.8) is 0 Å². The van der Waals surface area contributed by atoms with E-state index in [1.165, 1.54) is 22.7 Å². The molecule has 1 aromatic carbocycles. The molecular weight excluding hydrogens is 282 g/mol. The van der Waals surface area contributed by atoms with Gasteiger partial charge in [-0.1, -0.05) is 32.9 Å². The second kappa shape index (κ2) is 5.30. The predicted molar refractivity (Wildman–Crippen MR) is 86.3 cm³/mol. The number of methoxy groups -OCH3 is 1. The number of hydrogen-bond acceptors (Lipinski definition) is 5. The van der Waals surface area contributed by atoms with Gasteiger partial charge in [-0.15, -0.1) is 0 Å². The maximum absolute atomic E-state index is 5.45. The molecule has 3 rings (SSSR count). The Morgan fingerprint density at radius 1 is 1.33 bits per heavy atom. The van der Waals surface area contributed by atoms with Crippen molar-refractivity contribution in [2.45, 2.75) is 45.1 Å². The Kier molecular flexibility index (Phi) is 3.61. The van der Waals surface area contributed by atoms with Gasteiger partial charge in [0, 0.05) is 16.9 Å². The topological polar surface area (TPSA) is 47.0 Å². The van der Waals surface area contributed by atoms with Crippen LogP contribution in [0.25, 0.3) is 0 Å². The summed E-state index contributed by atoms with van der Waals surface area (Å²) in [4.78, 5) is 4.63. The molecule has 5 heteroatoms. The molecule has 1 aliphatic carbocycles. The summed E-state index contributed by atoms with van der Waals surface area (Å²) in [7, 11) is 1.73. The largest absolute Gasteiger partial charge is 0.496 e. The van der Waals surface area contributed by atoms with Gasteiger partial charge in [-0.05, 0) is 30.0 Å². The maximum atomic E-state index is 5.45. The molecule has 112 valence electrons. The van der Waals surface area contributed by atoms with Gasteiger partial charge in [-0.2, -0.15) is 4.37 Å². The van der Waals surface area contributed by atoms with Crippen LogP contribution in [0, 0.1) is 0 Å². The van der Waals surface area contributed by atoms with Crippen molar-refractivity contribution in [1.82, 2.24) is 9.36 Å². The van der Waals surface area contributed by atoms with Crippen LogP contribution in [0.5, 0.6) is 5.75 Å². The van der Waals surface area contributed by atoms with E-state index in [1.54, 1.807) is 7.11 Å². The molecule has 2 aromatic rings. The van der Waals surface area contributed by atoms with Gasteiger partial charge < -0.3 is 10.1 Å². The fraction of sp³-hybridized carbons (Fsp3) is 0.500. The van der Waals surface area contributed by atoms with E-state index in [0.717, 1.165) is 29.5 Å². The fourth-order valence-corrected chi connectivity index (χ4v) is 3.51. The first-order valence-electron chi connectivity index (χ1n) is 7.25. The minimum Gasteiger partial charge on any atom is -0.496 e. The third-order valence-corrected chi connectivity index (χ3v) is 4.49. The molecule has 21 heavy (non-hydrogen) atoms. The molecule has 1 atom stereocenters. The molecule has 0 fully saturated rings. The van der Waals surface area contributed by atoms with Crippen molar-refractivity contribution < 1.29 is 4.74 Å². The number of anilines is 1. The molecule has 4 nitrogen and oxygen atoms in total. The summed E-state index contributed by atoms with van der Waals surface area (Å²) >= 11 is 1.44. The lowest BCUT2D eigenvalue weighted by atomic mass is 9.96. The zero-order valence-electron chi connectivity index (χ0n) is 12.9. The van der Waals surface area contributed by atoms with E-state index in [0.29, 0.717) is 6.04 Å². The van der Waals surface area contributed by atoms with E-state index in [-0.39, 0.29) is 5.41 Å². The molecule has 1 heterocycles. The van der Waals surface area contributed by atoms with Crippen molar-refractivity contribution in [2.24, 2.45) is 0 Å². The number of rotatable bonds is 3. The standard InChI is InChI=1S/C16H21N3OS/c1-16(2,3)14-18-15(21-19-14)17-12-9-8-11-10(12)6-5-7-13(11)20-4/h5-7,12H,8-9H2,1-4H3,(H,17,18,19). The first kappa shape index (κ1) is 14.3. The van der Waals surface area contributed by atoms with Gasteiger partial charge in [0.15, 0.2) is 0 Å². The highest BCUT2D eigenvalue weighted by Crippen LogP contribution is 2.39. The lowest BCUT2D eigenvalue weighted by Crippen LogP contribution is -2.13. The van der Waals surface area contributed by atoms with Crippen molar-refractivity contribution in [1.29, 1.82) is 0 Å². The van der Waals surface area contributed by atoms with Gasteiger partial charge in [-0.3, -0.25) is 0 Å². The van der Waals surface area contributed by atoms with Crippen LogP contribution in [0.2, 0.25) is 0 Å². The SMILES string of the molecule is COc1cccc2c1CCC2Nc1nc(C(C)(C)C)ns1. The first-order valence-corrected chi connectivity index (χ1v) is 8.03. The van der Waals surface area contributed by atoms with Crippen molar-refractivity contribution in [3.05, 3.63) is 35.2 Å². The highest BCUT2D eigenvalue weighted by atomic mass is 32.1. The lowest BCUT2D eigenvalue weighted by molar-refractivity contribution is 0.410. The molecule has 1 aromatic heterocycles. The average molecular weight is 303 g/mol. The minimum absolute atomic E-state index is 0.00671. The molecular formula is C16H21N3OS. The fourth-order valence-electron chi connectivity index (χ4n) is 2.70. The van der Waals surface area contributed by atoms with Crippen molar-refractivity contribution in [3.8, 4) is 5.75 Å². The second-order valence-corrected chi connectivity index (χ2v) is 7.19. The third-order valence-electron chi connectivity index (χ3n) is 3.84. The van der Waals surface area contributed by atoms with Crippen LogP contribution in [0.4, 0.5) is 5.13 Å². The molecule has 1 unspecified atom stereocenters. The zero-order valence-corrected chi connectivity index (χ0v) is 13.8. The van der Waals surface area contributed by atoms with E-state index in [9.17, 15) is 0 Å². The molecule has 0 spiro atoms. The zero-order chi connectivity index (χ0) is 15.0. The lowest BCUT2D eigenvalue weighted by Gasteiger charge is -2.14. The molecule has 0 amide bonds. The summed E-state index contributed by atoms with van der Waals surface area (Å²) in [6, 6.07) is 6.56. The molecule has 0 aliphatic heterocycles. The predicted octanol–water partition coefficient (Wildman–Crippen LogP) is 3.94. The number of nitrogens with zero attached hydrogens (tertiary/aromatic N) is 2. The van der Waals surface area contributed by atoms with Crippen molar-refractivity contribution >= 4 is 16.7 Å². The van der Waals surface area contributed by atoms with E-state index < -0.39 is 0 Å². The van der Waals surface area contributed by atoms with Crippen LogP contribution in [-0.4, -0.2) is 16.5 Å². The first-order chi connectivity index (χ1) is 9.99. The summed E-state index contributed by atoms with van der Waals surface area (Å²) < 4.78 is 9.91. The van der Waals surface area contributed by atoms with Gasteiger partial charge in [0.1, 0.15) is 11.6 Å². The number of nitrogens with one attached hydrogen (secondary N) is 1. The van der Waals surface area contributed by atoms with E-state index in [4.69, 9.17) is 4.74 Å². The second-order valence-electron chi connectivity index (χ2n) is 6.44. The molecule has 0 saturated carbocycles. The number of benzene rings is 1. The van der Waals surface area contributed by atoms with Crippen LogP contribution in [0.1, 0.15) is 50.2 Å². The average Bonchev–Trinajstić information content (AvgIpc) is 3.06. The molecule has 1 aliphatic rings. The van der Waals surface area contributed by atoms with Gasteiger partial charge in [0.25, 0.3) is 0 Å². The third kappa shape index (κ3) is 2.75. The van der Waals surface area contributed by atoms with Crippen molar-refractivity contribution in [2.75, 3.05) is 12.4 Å². The Morgan fingerprint density at radius 3 is 2.81 bits per heavy atom. The number of aromatic nitrogens is 2.